The molecule has 0 spiro atoms. The van der Waals surface area contributed by atoms with Crippen LogP contribution in [0.4, 0.5) is 10.1 Å². The Morgan fingerprint density at radius 3 is 2.65 bits per heavy atom. The quantitative estimate of drug-likeness (QED) is 0.878. The van der Waals surface area contributed by atoms with E-state index in [9.17, 15) is 4.39 Å². The third-order valence-electron chi connectivity index (χ3n) is 2.66. The van der Waals surface area contributed by atoms with Gasteiger partial charge in [0.25, 0.3) is 0 Å². The topological polar surface area (TPSA) is 12.0 Å². The van der Waals surface area contributed by atoms with Gasteiger partial charge in [-0.3, -0.25) is 0 Å². The molecule has 17 heavy (non-hydrogen) atoms. The van der Waals surface area contributed by atoms with Gasteiger partial charge in [-0.25, -0.2) is 4.39 Å². The minimum atomic E-state index is -0.238. The third-order valence-corrected chi connectivity index (χ3v) is 3.32. The van der Waals surface area contributed by atoms with Crippen LogP contribution in [0.3, 0.4) is 0 Å². The SMILES string of the molecule is Cc1ccccc1CNc1ccc(F)cc1Br. The number of aryl methyl sites for hydroxylation is 1. The van der Waals surface area contributed by atoms with Crippen molar-refractivity contribution in [2.45, 2.75) is 13.5 Å². The summed E-state index contributed by atoms with van der Waals surface area (Å²) in [4.78, 5) is 0. The monoisotopic (exact) mass is 293 g/mol. The van der Waals surface area contributed by atoms with Gasteiger partial charge in [0.1, 0.15) is 5.82 Å². The van der Waals surface area contributed by atoms with Crippen LogP contribution in [0.1, 0.15) is 11.1 Å². The highest BCUT2D eigenvalue weighted by Gasteiger charge is 2.02. The lowest BCUT2D eigenvalue weighted by Gasteiger charge is -2.10. The fourth-order valence-electron chi connectivity index (χ4n) is 1.63. The molecule has 0 saturated heterocycles. The first-order chi connectivity index (χ1) is 8.16. The second-order valence-corrected chi connectivity index (χ2v) is 4.76. The summed E-state index contributed by atoms with van der Waals surface area (Å²) < 4.78 is 13.7. The molecule has 0 aliphatic rings. The molecule has 88 valence electrons. The summed E-state index contributed by atoms with van der Waals surface area (Å²) in [5.41, 5.74) is 3.39. The van der Waals surface area contributed by atoms with E-state index in [1.807, 2.05) is 12.1 Å². The zero-order valence-corrected chi connectivity index (χ0v) is 11.1. The normalized spacial score (nSPS) is 10.3. The standard InChI is InChI=1S/C14H13BrFN/c1-10-4-2-3-5-11(10)9-17-14-7-6-12(16)8-13(14)15/h2-8,17H,9H2,1H3. The lowest BCUT2D eigenvalue weighted by Crippen LogP contribution is -2.01. The summed E-state index contributed by atoms with van der Waals surface area (Å²) >= 11 is 3.34. The number of rotatable bonds is 3. The van der Waals surface area contributed by atoms with Crippen molar-refractivity contribution in [3.8, 4) is 0 Å². The van der Waals surface area contributed by atoms with E-state index in [0.717, 1.165) is 16.7 Å². The van der Waals surface area contributed by atoms with Gasteiger partial charge >= 0.3 is 0 Å². The molecular weight excluding hydrogens is 281 g/mol. The van der Waals surface area contributed by atoms with Crippen LogP contribution in [0.25, 0.3) is 0 Å². The number of nitrogens with one attached hydrogen (secondary N) is 1. The third kappa shape index (κ3) is 3.07. The molecule has 0 saturated carbocycles. The van der Waals surface area contributed by atoms with Gasteiger partial charge < -0.3 is 5.32 Å². The fourth-order valence-corrected chi connectivity index (χ4v) is 2.12. The fraction of sp³-hybridized carbons (Fsp3) is 0.143. The predicted octanol–water partition coefficient (Wildman–Crippen LogP) is 4.51. The van der Waals surface area contributed by atoms with Gasteiger partial charge in [-0.15, -0.1) is 0 Å². The Balaban J connectivity index is 2.10. The molecule has 2 aromatic rings. The minimum absolute atomic E-state index is 0.238. The van der Waals surface area contributed by atoms with Gasteiger partial charge in [-0.1, -0.05) is 24.3 Å². The van der Waals surface area contributed by atoms with Gasteiger partial charge in [0.2, 0.25) is 0 Å². The van der Waals surface area contributed by atoms with Crippen molar-refractivity contribution >= 4 is 21.6 Å². The maximum Gasteiger partial charge on any atom is 0.124 e. The lowest BCUT2D eigenvalue weighted by molar-refractivity contribution is 0.627. The van der Waals surface area contributed by atoms with Crippen LogP contribution in [0.5, 0.6) is 0 Å². The van der Waals surface area contributed by atoms with Gasteiger partial charge in [0.05, 0.1) is 0 Å². The van der Waals surface area contributed by atoms with E-state index in [0.29, 0.717) is 0 Å². The number of benzene rings is 2. The molecule has 2 rings (SSSR count). The Hall–Kier alpha value is -1.35. The molecule has 1 nitrogen and oxygen atoms in total. The summed E-state index contributed by atoms with van der Waals surface area (Å²) in [5, 5.41) is 3.28. The summed E-state index contributed by atoms with van der Waals surface area (Å²) in [5.74, 6) is -0.238. The van der Waals surface area contributed by atoms with E-state index in [1.165, 1.54) is 23.3 Å². The van der Waals surface area contributed by atoms with Gasteiger partial charge in [0, 0.05) is 16.7 Å². The zero-order chi connectivity index (χ0) is 12.3. The Labute approximate surface area is 109 Å². The van der Waals surface area contributed by atoms with Gasteiger partial charge in [-0.2, -0.15) is 0 Å². The number of hydrogen-bond donors (Lipinski definition) is 1. The van der Waals surface area contributed by atoms with Crippen LogP contribution in [-0.2, 0) is 6.54 Å². The molecule has 0 radical (unpaired) electrons. The molecule has 0 heterocycles. The van der Waals surface area contributed by atoms with E-state index >= 15 is 0 Å². The molecule has 0 atom stereocenters. The van der Waals surface area contributed by atoms with Crippen molar-refractivity contribution < 1.29 is 4.39 Å². The van der Waals surface area contributed by atoms with Crippen molar-refractivity contribution in [2.24, 2.45) is 0 Å². The van der Waals surface area contributed by atoms with E-state index in [-0.39, 0.29) is 5.82 Å². The van der Waals surface area contributed by atoms with Crippen molar-refractivity contribution in [1.29, 1.82) is 0 Å². The molecule has 3 heteroatoms. The summed E-state index contributed by atoms with van der Waals surface area (Å²) in [6.07, 6.45) is 0. The summed E-state index contributed by atoms with van der Waals surface area (Å²) in [6.45, 7) is 2.81. The van der Waals surface area contributed by atoms with Crippen molar-refractivity contribution in [3.05, 3.63) is 63.9 Å². The van der Waals surface area contributed by atoms with Crippen LogP contribution >= 0.6 is 15.9 Å². The van der Waals surface area contributed by atoms with Crippen molar-refractivity contribution in [1.82, 2.24) is 0 Å². The number of halogens is 2. The predicted molar refractivity (Wildman–Crippen MR) is 72.6 cm³/mol. The Morgan fingerprint density at radius 1 is 1.18 bits per heavy atom. The van der Waals surface area contributed by atoms with Gasteiger partial charge in [0.15, 0.2) is 0 Å². The van der Waals surface area contributed by atoms with E-state index in [1.54, 1.807) is 6.07 Å². The Bertz CT molecular complexity index is 525. The lowest BCUT2D eigenvalue weighted by atomic mass is 10.1. The molecular formula is C14H13BrFN. The largest absolute Gasteiger partial charge is 0.380 e. The molecule has 0 aromatic heterocycles. The second kappa shape index (κ2) is 5.32. The maximum atomic E-state index is 12.9. The highest BCUT2D eigenvalue weighted by Crippen LogP contribution is 2.23. The second-order valence-electron chi connectivity index (χ2n) is 3.90. The summed E-state index contributed by atoms with van der Waals surface area (Å²) in [6, 6.07) is 12.8. The molecule has 0 aliphatic heterocycles. The highest BCUT2D eigenvalue weighted by atomic mass is 79.9. The summed E-state index contributed by atoms with van der Waals surface area (Å²) in [7, 11) is 0. The molecule has 0 unspecified atom stereocenters. The Morgan fingerprint density at radius 2 is 1.94 bits per heavy atom. The average Bonchev–Trinajstić information content (AvgIpc) is 2.30. The average molecular weight is 294 g/mol. The minimum Gasteiger partial charge on any atom is -0.380 e. The first-order valence-electron chi connectivity index (χ1n) is 5.40. The molecule has 1 N–H and O–H groups in total. The van der Waals surface area contributed by atoms with Crippen molar-refractivity contribution in [3.63, 3.8) is 0 Å². The number of anilines is 1. The molecule has 2 aromatic carbocycles. The van der Waals surface area contributed by atoms with Crippen LogP contribution in [-0.4, -0.2) is 0 Å². The van der Waals surface area contributed by atoms with E-state index < -0.39 is 0 Å². The van der Waals surface area contributed by atoms with Crippen LogP contribution in [0.2, 0.25) is 0 Å². The molecule has 0 bridgehead atoms. The molecule has 0 amide bonds. The maximum absolute atomic E-state index is 12.9. The van der Waals surface area contributed by atoms with Crippen molar-refractivity contribution in [2.75, 3.05) is 5.32 Å². The van der Waals surface area contributed by atoms with E-state index in [4.69, 9.17) is 0 Å². The molecule has 0 fully saturated rings. The van der Waals surface area contributed by atoms with Gasteiger partial charge in [-0.05, 0) is 52.2 Å². The highest BCUT2D eigenvalue weighted by molar-refractivity contribution is 9.10. The molecule has 0 aliphatic carbocycles. The van der Waals surface area contributed by atoms with Crippen LogP contribution < -0.4 is 5.32 Å². The first-order valence-corrected chi connectivity index (χ1v) is 6.19. The van der Waals surface area contributed by atoms with Crippen LogP contribution in [0, 0.1) is 12.7 Å². The van der Waals surface area contributed by atoms with Crippen LogP contribution in [0.15, 0.2) is 46.9 Å². The van der Waals surface area contributed by atoms with E-state index in [2.05, 4.69) is 40.3 Å². The number of hydrogen-bond acceptors (Lipinski definition) is 1. The smallest absolute Gasteiger partial charge is 0.124 e. The first kappa shape index (κ1) is 12.1. The zero-order valence-electron chi connectivity index (χ0n) is 9.50. The Kier molecular flexibility index (Phi) is 3.79.